The lowest BCUT2D eigenvalue weighted by atomic mass is 10.0. The van der Waals surface area contributed by atoms with Crippen LogP contribution >= 0.6 is 0 Å². The lowest BCUT2D eigenvalue weighted by Crippen LogP contribution is -2.39. The van der Waals surface area contributed by atoms with Gasteiger partial charge in [0.2, 0.25) is 5.95 Å². The van der Waals surface area contributed by atoms with Crippen molar-refractivity contribution in [1.29, 1.82) is 0 Å². The van der Waals surface area contributed by atoms with E-state index in [0.29, 0.717) is 12.5 Å². The van der Waals surface area contributed by atoms with Crippen molar-refractivity contribution in [2.24, 2.45) is 5.92 Å². The summed E-state index contributed by atoms with van der Waals surface area (Å²) in [6.07, 6.45) is 4.86. The number of furan rings is 1. The van der Waals surface area contributed by atoms with Gasteiger partial charge in [0.25, 0.3) is 5.56 Å². The third kappa shape index (κ3) is 3.11. The molecule has 0 amide bonds. The molecular formula is C18H24N4O2. The number of H-pyrrole nitrogens is 1. The summed E-state index contributed by atoms with van der Waals surface area (Å²) < 4.78 is 5.44. The van der Waals surface area contributed by atoms with Gasteiger partial charge in [0.1, 0.15) is 5.76 Å². The van der Waals surface area contributed by atoms with E-state index in [9.17, 15) is 4.79 Å². The summed E-state index contributed by atoms with van der Waals surface area (Å²) in [5, 5.41) is 0. The SMILES string of the molecule is C[C@@H]1CCCN(c2nc3c(c(=O)[nH]2)CCN(Cc2ccco2)C3)C1. The third-order valence-corrected chi connectivity index (χ3v) is 5.06. The van der Waals surface area contributed by atoms with Crippen LogP contribution in [0.5, 0.6) is 0 Å². The largest absolute Gasteiger partial charge is 0.468 e. The van der Waals surface area contributed by atoms with Crippen LogP contribution in [0, 0.1) is 5.92 Å². The van der Waals surface area contributed by atoms with Gasteiger partial charge in [-0.15, -0.1) is 0 Å². The molecule has 6 nitrogen and oxygen atoms in total. The molecule has 24 heavy (non-hydrogen) atoms. The van der Waals surface area contributed by atoms with Crippen LogP contribution in [-0.2, 0) is 19.5 Å². The molecule has 4 heterocycles. The van der Waals surface area contributed by atoms with Crippen molar-refractivity contribution < 1.29 is 4.42 Å². The van der Waals surface area contributed by atoms with Gasteiger partial charge in [-0.2, -0.15) is 0 Å². The lowest BCUT2D eigenvalue weighted by Gasteiger charge is -2.33. The molecule has 2 aromatic heterocycles. The summed E-state index contributed by atoms with van der Waals surface area (Å²) in [6, 6.07) is 3.90. The number of nitrogens with zero attached hydrogens (tertiary/aromatic N) is 3. The highest BCUT2D eigenvalue weighted by molar-refractivity contribution is 5.35. The van der Waals surface area contributed by atoms with Crippen LogP contribution in [0.2, 0.25) is 0 Å². The van der Waals surface area contributed by atoms with Crippen LogP contribution in [-0.4, -0.2) is 34.5 Å². The second kappa shape index (κ2) is 6.43. The first kappa shape index (κ1) is 15.4. The first-order chi connectivity index (χ1) is 11.7. The standard InChI is InChI=1S/C18H24N4O2/c1-13-4-2-7-22(10-13)18-19-16-12-21(11-14-5-3-9-24-14)8-6-15(16)17(23)20-18/h3,5,9,13H,2,4,6-8,10-12H2,1H3,(H,19,20,23)/t13-/m1/s1. The lowest BCUT2D eigenvalue weighted by molar-refractivity contribution is 0.221. The van der Waals surface area contributed by atoms with Crippen molar-refractivity contribution >= 4 is 5.95 Å². The average Bonchev–Trinajstić information content (AvgIpc) is 3.07. The zero-order chi connectivity index (χ0) is 16.5. The van der Waals surface area contributed by atoms with Crippen molar-refractivity contribution in [1.82, 2.24) is 14.9 Å². The molecule has 0 spiro atoms. The zero-order valence-electron chi connectivity index (χ0n) is 14.1. The normalized spacial score (nSPS) is 21.7. The Morgan fingerprint density at radius 1 is 1.42 bits per heavy atom. The van der Waals surface area contributed by atoms with E-state index < -0.39 is 0 Å². The summed E-state index contributed by atoms with van der Waals surface area (Å²) in [7, 11) is 0. The molecule has 1 N–H and O–H groups in total. The summed E-state index contributed by atoms with van der Waals surface area (Å²) in [4.78, 5) is 24.8. The van der Waals surface area contributed by atoms with Crippen LogP contribution in [0.15, 0.2) is 27.6 Å². The average molecular weight is 328 g/mol. The van der Waals surface area contributed by atoms with Gasteiger partial charge in [0, 0.05) is 31.7 Å². The summed E-state index contributed by atoms with van der Waals surface area (Å²) in [5.41, 5.74) is 1.80. The Morgan fingerprint density at radius 3 is 3.12 bits per heavy atom. The Hall–Kier alpha value is -2.08. The van der Waals surface area contributed by atoms with Gasteiger partial charge in [-0.25, -0.2) is 4.98 Å². The number of fused-ring (bicyclic) bond motifs is 1. The zero-order valence-corrected chi connectivity index (χ0v) is 14.1. The smallest absolute Gasteiger partial charge is 0.255 e. The van der Waals surface area contributed by atoms with Gasteiger partial charge in [-0.1, -0.05) is 6.92 Å². The Kier molecular flexibility index (Phi) is 4.14. The van der Waals surface area contributed by atoms with E-state index in [4.69, 9.17) is 9.40 Å². The van der Waals surface area contributed by atoms with E-state index >= 15 is 0 Å². The number of piperidine rings is 1. The minimum atomic E-state index is 0.0332. The molecule has 4 rings (SSSR count). The first-order valence-corrected chi connectivity index (χ1v) is 8.81. The molecule has 0 saturated carbocycles. The molecule has 0 radical (unpaired) electrons. The maximum Gasteiger partial charge on any atom is 0.255 e. The second-order valence-electron chi connectivity index (χ2n) is 7.05. The second-order valence-corrected chi connectivity index (χ2v) is 7.05. The number of rotatable bonds is 3. The highest BCUT2D eigenvalue weighted by Crippen LogP contribution is 2.22. The fourth-order valence-corrected chi connectivity index (χ4v) is 3.77. The minimum absolute atomic E-state index is 0.0332. The highest BCUT2D eigenvalue weighted by atomic mass is 16.3. The predicted molar refractivity (Wildman–Crippen MR) is 92.0 cm³/mol. The van der Waals surface area contributed by atoms with Crippen LogP contribution in [0.25, 0.3) is 0 Å². The Morgan fingerprint density at radius 2 is 2.33 bits per heavy atom. The van der Waals surface area contributed by atoms with Gasteiger partial charge in [0.15, 0.2) is 0 Å². The summed E-state index contributed by atoms with van der Waals surface area (Å²) in [5.74, 6) is 2.34. The minimum Gasteiger partial charge on any atom is -0.468 e. The Labute approximate surface area is 141 Å². The first-order valence-electron chi connectivity index (χ1n) is 8.81. The third-order valence-electron chi connectivity index (χ3n) is 5.06. The molecule has 1 fully saturated rings. The van der Waals surface area contributed by atoms with E-state index in [-0.39, 0.29) is 5.56 Å². The molecule has 128 valence electrons. The number of aromatic amines is 1. The van der Waals surface area contributed by atoms with Crippen LogP contribution in [0.1, 0.15) is 36.8 Å². The van der Waals surface area contributed by atoms with Crippen molar-refractivity contribution in [3.63, 3.8) is 0 Å². The van der Waals surface area contributed by atoms with E-state index in [2.05, 4.69) is 21.7 Å². The predicted octanol–water partition coefficient (Wildman–Crippen LogP) is 2.16. The van der Waals surface area contributed by atoms with E-state index in [1.54, 1.807) is 6.26 Å². The van der Waals surface area contributed by atoms with E-state index in [0.717, 1.165) is 62.0 Å². The van der Waals surface area contributed by atoms with Crippen LogP contribution in [0.4, 0.5) is 5.95 Å². The number of anilines is 1. The Bertz CT molecular complexity index is 753. The van der Waals surface area contributed by atoms with Gasteiger partial charge in [0.05, 0.1) is 18.5 Å². The molecule has 1 atom stereocenters. The number of hydrogen-bond acceptors (Lipinski definition) is 5. The van der Waals surface area contributed by atoms with E-state index in [1.165, 1.54) is 6.42 Å². The maximum absolute atomic E-state index is 12.5. The van der Waals surface area contributed by atoms with Crippen LogP contribution < -0.4 is 10.5 Å². The number of nitrogens with one attached hydrogen (secondary N) is 1. The van der Waals surface area contributed by atoms with Gasteiger partial charge in [-0.3, -0.25) is 14.7 Å². The quantitative estimate of drug-likeness (QED) is 0.935. The van der Waals surface area contributed by atoms with Crippen molar-refractivity contribution in [3.05, 3.63) is 45.8 Å². The van der Waals surface area contributed by atoms with Gasteiger partial charge >= 0.3 is 0 Å². The topological polar surface area (TPSA) is 65.4 Å². The fraction of sp³-hybridized carbons (Fsp3) is 0.556. The van der Waals surface area contributed by atoms with Crippen molar-refractivity contribution in [3.8, 4) is 0 Å². The van der Waals surface area contributed by atoms with Gasteiger partial charge < -0.3 is 9.32 Å². The monoisotopic (exact) mass is 328 g/mol. The number of hydrogen-bond donors (Lipinski definition) is 1. The highest BCUT2D eigenvalue weighted by Gasteiger charge is 2.24. The molecule has 2 aromatic rings. The molecule has 0 aliphatic carbocycles. The summed E-state index contributed by atoms with van der Waals surface area (Å²) in [6.45, 7) is 6.53. The number of aromatic nitrogens is 2. The summed E-state index contributed by atoms with van der Waals surface area (Å²) >= 11 is 0. The molecule has 0 bridgehead atoms. The molecule has 0 unspecified atom stereocenters. The molecular weight excluding hydrogens is 304 g/mol. The molecule has 0 aromatic carbocycles. The molecule has 6 heteroatoms. The van der Waals surface area contributed by atoms with Crippen molar-refractivity contribution in [2.75, 3.05) is 24.5 Å². The Balaban J connectivity index is 1.56. The molecule has 1 saturated heterocycles. The maximum atomic E-state index is 12.5. The molecule has 2 aliphatic heterocycles. The van der Waals surface area contributed by atoms with Gasteiger partial charge in [-0.05, 0) is 37.3 Å². The van der Waals surface area contributed by atoms with Crippen molar-refractivity contribution in [2.45, 2.75) is 39.3 Å². The van der Waals surface area contributed by atoms with Crippen LogP contribution in [0.3, 0.4) is 0 Å². The van der Waals surface area contributed by atoms with E-state index in [1.807, 2.05) is 12.1 Å². The fourth-order valence-electron chi connectivity index (χ4n) is 3.77. The molecule has 2 aliphatic rings.